The summed E-state index contributed by atoms with van der Waals surface area (Å²) >= 11 is 1.34. The third-order valence-corrected chi connectivity index (χ3v) is 6.17. The van der Waals surface area contributed by atoms with Crippen molar-refractivity contribution in [3.8, 4) is 0 Å². The normalized spacial score (nSPS) is 27.2. The van der Waals surface area contributed by atoms with E-state index in [0.29, 0.717) is 28.8 Å². The van der Waals surface area contributed by atoms with Gasteiger partial charge in [-0.15, -0.1) is 0 Å². The van der Waals surface area contributed by atoms with Gasteiger partial charge in [-0.2, -0.15) is 0 Å². The van der Waals surface area contributed by atoms with Crippen LogP contribution in [0.4, 0.5) is 14.9 Å². The van der Waals surface area contributed by atoms with Crippen molar-refractivity contribution in [3.63, 3.8) is 0 Å². The second-order valence-corrected chi connectivity index (χ2v) is 9.06. The molecule has 7 nitrogen and oxygen atoms in total. The number of nitrogens with two attached hydrogens (primary N) is 1. The van der Waals surface area contributed by atoms with Gasteiger partial charge in [0.1, 0.15) is 11.4 Å². The zero-order valence-electron chi connectivity index (χ0n) is 16.4. The lowest BCUT2D eigenvalue weighted by Crippen LogP contribution is -2.52. The molecule has 3 atom stereocenters. The molecule has 28 heavy (non-hydrogen) atoms. The van der Waals surface area contributed by atoms with Crippen molar-refractivity contribution in [2.75, 3.05) is 31.8 Å². The number of amidine groups is 1. The highest BCUT2D eigenvalue weighted by molar-refractivity contribution is 8.13. The third-order valence-electron chi connectivity index (χ3n) is 5.11. The van der Waals surface area contributed by atoms with Gasteiger partial charge in [0.2, 0.25) is 0 Å². The molecule has 1 saturated heterocycles. The number of aliphatic imine (C=N–C) groups is 1. The predicted octanol–water partition coefficient (Wildman–Crippen LogP) is 3.15. The fourth-order valence-electron chi connectivity index (χ4n) is 3.80. The van der Waals surface area contributed by atoms with E-state index in [9.17, 15) is 14.3 Å². The van der Waals surface area contributed by atoms with Crippen LogP contribution in [0.2, 0.25) is 0 Å². The number of anilines is 1. The first-order valence-corrected chi connectivity index (χ1v) is 10.0. The Morgan fingerprint density at radius 1 is 1.54 bits per heavy atom. The molecule has 1 aromatic carbocycles. The first-order chi connectivity index (χ1) is 13.1. The Kier molecular flexibility index (Phi) is 5.62. The van der Waals surface area contributed by atoms with Gasteiger partial charge in [0, 0.05) is 35.6 Å². The Morgan fingerprint density at radius 2 is 2.25 bits per heavy atom. The largest absolute Gasteiger partial charge is 0.465 e. The minimum absolute atomic E-state index is 0.133. The van der Waals surface area contributed by atoms with E-state index in [4.69, 9.17) is 20.2 Å². The van der Waals surface area contributed by atoms with Crippen LogP contribution in [0.15, 0.2) is 23.2 Å². The van der Waals surface area contributed by atoms with Gasteiger partial charge < -0.3 is 20.3 Å². The number of ether oxygens (including phenoxy) is 2. The summed E-state index contributed by atoms with van der Waals surface area (Å²) < 4.78 is 26.1. The zero-order valence-corrected chi connectivity index (χ0v) is 17.3. The van der Waals surface area contributed by atoms with Gasteiger partial charge in [0.15, 0.2) is 5.17 Å². The Balaban J connectivity index is 2.17. The summed E-state index contributed by atoms with van der Waals surface area (Å²) in [7, 11) is 1.58. The molecule has 3 N–H and O–H groups in total. The number of benzene rings is 1. The minimum atomic E-state index is -1.10. The van der Waals surface area contributed by atoms with Crippen molar-refractivity contribution in [3.05, 3.63) is 29.6 Å². The summed E-state index contributed by atoms with van der Waals surface area (Å²) in [5.74, 6) is -0.0809. The van der Waals surface area contributed by atoms with Crippen LogP contribution < -0.4 is 5.73 Å². The number of amides is 1. The second-order valence-electron chi connectivity index (χ2n) is 8.07. The van der Waals surface area contributed by atoms with Gasteiger partial charge in [-0.05, 0) is 39.0 Å². The summed E-state index contributed by atoms with van der Waals surface area (Å²) in [4.78, 5) is 18.0. The van der Waals surface area contributed by atoms with Gasteiger partial charge in [-0.1, -0.05) is 11.8 Å². The average molecular weight is 411 g/mol. The summed E-state index contributed by atoms with van der Waals surface area (Å²) in [6.07, 6.45) is -1.37. The molecule has 0 aliphatic carbocycles. The van der Waals surface area contributed by atoms with E-state index >= 15 is 0 Å². The molecule has 1 fully saturated rings. The maximum atomic E-state index is 14.9. The fraction of sp³-hybridized carbons (Fsp3) is 0.579. The van der Waals surface area contributed by atoms with Crippen molar-refractivity contribution in [2.24, 2.45) is 10.9 Å². The van der Waals surface area contributed by atoms with E-state index in [1.54, 1.807) is 33.9 Å². The first-order valence-electron chi connectivity index (χ1n) is 9.02. The quantitative estimate of drug-likeness (QED) is 0.742. The SMILES string of the molecule is COC[C@H]1OC[C@]2(c3cc(N)ccc3F)N=C(N(C(=O)O)C(C)(C)C)SC[C@H]12. The highest BCUT2D eigenvalue weighted by Gasteiger charge is 2.55. The summed E-state index contributed by atoms with van der Waals surface area (Å²) in [5, 5.41) is 10.1. The number of thioether (sulfide) groups is 1. The van der Waals surface area contributed by atoms with Gasteiger partial charge in [-0.3, -0.25) is 4.90 Å². The molecule has 3 rings (SSSR count). The van der Waals surface area contributed by atoms with Crippen LogP contribution in [0.1, 0.15) is 26.3 Å². The maximum Gasteiger partial charge on any atom is 0.413 e. The van der Waals surface area contributed by atoms with E-state index < -0.39 is 23.0 Å². The molecule has 2 aliphatic rings. The number of nitrogens with zero attached hydrogens (tertiary/aromatic N) is 2. The fourth-order valence-corrected chi connectivity index (χ4v) is 5.33. The lowest BCUT2D eigenvalue weighted by atomic mass is 9.78. The van der Waals surface area contributed by atoms with Gasteiger partial charge in [-0.25, -0.2) is 14.2 Å². The summed E-state index contributed by atoms with van der Waals surface area (Å²) in [6.45, 7) is 5.87. The van der Waals surface area contributed by atoms with Crippen LogP contribution in [0.5, 0.6) is 0 Å². The standard InChI is InChI=1S/C19H26FN3O4S/c1-18(2,3)23(17(24)25)16-22-19(12-7-11(21)5-6-14(12)20)10-27-15(8-26-4)13(19)9-28-16/h5-7,13,15H,8-10,21H2,1-4H3,(H,24,25)/t13-,15-,19-/m1/s1. The molecular formula is C19H26FN3O4S. The maximum absolute atomic E-state index is 14.9. The van der Waals surface area contributed by atoms with Gasteiger partial charge in [0.25, 0.3) is 0 Å². The van der Waals surface area contributed by atoms with Crippen molar-refractivity contribution >= 4 is 28.7 Å². The van der Waals surface area contributed by atoms with E-state index in [-0.39, 0.29) is 18.6 Å². The van der Waals surface area contributed by atoms with E-state index in [1.807, 2.05) is 0 Å². The average Bonchev–Trinajstić information content (AvgIpc) is 2.95. The molecule has 0 radical (unpaired) electrons. The first kappa shape index (κ1) is 20.9. The van der Waals surface area contributed by atoms with Crippen molar-refractivity contribution < 1.29 is 23.8 Å². The van der Waals surface area contributed by atoms with E-state index in [2.05, 4.69) is 0 Å². The molecule has 1 amide bonds. The van der Waals surface area contributed by atoms with Gasteiger partial charge in [0.05, 0.1) is 19.3 Å². The lowest BCUT2D eigenvalue weighted by Gasteiger charge is -2.41. The lowest BCUT2D eigenvalue weighted by molar-refractivity contribution is 0.0240. The van der Waals surface area contributed by atoms with Crippen LogP contribution in [0.25, 0.3) is 0 Å². The smallest absolute Gasteiger partial charge is 0.413 e. The van der Waals surface area contributed by atoms with Crippen molar-refractivity contribution in [1.82, 2.24) is 4.90 Å². The summed E-state index contributed by atoms with van der Waals surface area (Å²) in [5.41, 5.74) is 4.92. The minimum Gasteiger partial charge on any atom is -0.465 e. The highest BCUT2D eigenvalue weighted by atomic mass is 32.2. The van der Waals surface area contributed by atoms with E-state index in [0.717, 1.165) is 0 Å². The molecule has 0 aromatic heterocycles. The van der Waals surface area contributed by atoms with Crippen LogP contribution in [0, 0.1) is 11.7 Å². The van der Waals surface area contributed by atoms with Crippen LogP contribution >= 0.6 is 11.8 Å². The van der Waals surface area contributed by atoms with Crippen molar-refractivity contribution in [1.29, 1.82) is 0 Å². The van der Waals surface area contributed by atoms with Gasteiger partial charge >= 0.3 is 6.09 Å². The molecule has 2 heterocycles. The summed E-state index contributed by atoms with van der Waals surface area (Å²) in [6, 6.07) is 4.38. The van der Waals surface area contributed by atoms with E-state index in [1.165, 1.54) is 28.8 Å². The number of fused-ring (bicyclic) bond motifs is 1. The molecule has 0 saturated carbocycles. The number of rotatable bonds is 3. The molecule has 1 aromatic rings. The molecule has 2 aliphatic heterocycles. The van der Waals surface area contributed by atoms with Crippen molar-refractivity contribution in [2.45, 2.75) is 38.0 Å². The number of carboxylic acid groups (broad SMARTS) is 1. The molecule has 0 bridgehead atoms. The molecule has 0 unspecified atom stereocenters. The third kappa shape index (κ3) is 3.58. The number of carbonyl (C=O) groups is 1. The second kappa shape index (κ2) is 7.53. The molecule has 9 heteroatoms. The Morgan fingerprint density at radius 3 is 2.86 bits per heavy atom. The van der Waals surface area contributed by atoms with Crippen LogP contribution in [-0.2, 0) is 15.0 Å². The highest BCUT2D eigenvalue weighted by Crippen LogP contribution is 2.49. The number of hydrogen-bond acceptors (Lipinski definition) is 6. The molecule has 0 spiro atoms. The number of hydrogen-bond donors (Lipinski definition) is 2. The zero-order chi connectivity index (χ0) is 20.7. The number of methoxy groups -OCH3 is 1. The monoisotopic (exact) mass is 411 g/mol. The Bertz CT molecular complexity index is 798. The number of nitrogen functional groups attached to an aromatic ring is 1. The topological polar surface area (TPSA) is 97.4 Å². The Labute approximate surface area is 168 Å². The molecule has 154 valence electrons. The van der Waals surface area contributed by atoms with Crippen LogP contribution in [0.3, 0.4) is 0 Å². The molecular weight excluding hydrogens is 385 g/mol. The van der Waals surface area contributed by atoms with Crippen LogP contribution in [-0.4, -0.2) is 59.0 Å². The Hall–Kier alpha value is -1.84. The number of halogens is 1. The predicted molar refractivity (Wildman–Crippen MR) is 107 cm³/mol.